The minimum Gasteiger partial charge on any atom is -0.496 e. The Morgan fingerprint density at radius 1 is 1.03 bits per heavy atom. The summed E-state index contributed by atoms with van der Waals surface area (Å²) in [6.45, 7) is 4.18. The average Bonchev–Trinajstić information content (AvgIpc) is 3.07. The Morgan fingerprint density at radius 2 is 1.83 bits per heavy atom. The Hall–Kier alpha value is -3.79. The molecule has 0 unspecified atom stereocenters. The van der Waals surface area contributed by atoms with Gasteiger partial charge in [0, 0.05) is 11.6 Å². The normalized spacial score (nSPS) is 13.7. The van der Waals surface area contributed by atoms with E-state index in [4.69, 9.17) is 14.2 Å². The number of para-hydroxylation sites is 1. The summed E-state index contributed by atoms with van der Waals surface area (Å²) >= 11 is 0. The summed E-state index contributed by atoms with van der Waals surface area (Å²) in [7, 11) is 1.60. The number of hydrogen-bond donors (Lipinski definition) is 0. The second-order valence-corrected chi connectivity index (χ2v) is 6.57. The molecular weight excluding hydrogens is 364 g/mol. The maximum atomic E-state index is 12.7. The molecule has 0 atom stereocenters. The molecule has 0 saturated carbocycles. The Bertz CT molecular complexity index is 1090. The third-order valence-corrected chi connectivity index (χ3v) is 4.69. The number of rotatable bonds is 6. The molecular formula is C25H20O4. The largest absolute Gasteiger partial charge is 0.496 e. The molecule has 4 nitrogen and oxygen atoms in total. The molecule has 1 aliphatic heterocycles. The van der Waals surface area contributed by atoms with Crippen LogP contribution in [0.1, 0.15) is 27.0 Å². The fourth-order valence-electron chi connectivity index (χ4n) is 3.10. The maximum Gasteiger partial charge on any atom is 0.231 e. The van der Waals surface area contributed by atoms with Crippen molar-refractivity contribution in [2.24, 2.45) is 0 Å². The second kappa shape index (κ2) is 8.07. The van der Waals surface area contributed by atoms with Crippen LogP contribution in [0.25, 0.3) is 12.2 Å². The molecule has 0 saturated heterocycles. The quantitative estimate of drug-likeness (QED) is 0.524. The van der Waals surface area contributed by atoms with Crippen LogP contribution in [0.2, 0.25) is 0 Å². The van der Waals surface area contributed by atoms with Crippen LogP contribution < -0.4 is 14.2 Å². The lowest BCUT2D eigenvalue weighted by molar-refractivity contribution is 0.101. The van der Waals surface area contributed by atoms with Gasteiger partial charge in [0.15, 0.2) is 5.76 Å². The Balaban J connectivity index is 1.51. The topological polar surface area (TPSA) is 44.8 Å². The van der Waals surface area contributed by atoms with Gasteiger partial charge >= 0.3 is 0 Å². The highest BCUT2D eigenvalue weighted by Crippen LogP contribution is 2.35. The van der Waals surface area contributed by atoms with Crippen LogP contribution in [-0.4, -0.2) is 12.9 Å². The smallest absolute Gasteiger partial charge is 0.231 e. The van der Waals surface area contributed by atoms with Gasteiger partial charge in [-0.25, -0.2) is 0 Å². The van der Waals surface area contributed by atoms with Gasteiger partial charge in [-0.15, -0.1) is 0 Å². The van der Waals surface area contributed by atoms with E-state index in [1.807, 2.05) is 48.5 Å². The van der Waals surface area contributed by atoms with Crippen LogP contribution in [-0.2, 0) is 6.61 Å². The van der Waals surface area contributed by atoms with E-state index in [2.05, 4.69) is 6.58 Å². The van der Waals surface area contributed by atoms with E-state index in [0.717, 1.165) is 16.7 Å². The van der Waals surface area contributed by atoms with Crippen molar-refractivity contribution < 1.29 is 19.0 Å². The van der Waals surface area contributed by atoms with E-state index in [1.54, 1.807) is 37.5 Å². The predicted octanol–water partition coefficient (Wildman–Crippen LogP) is 5.53. The molecule has 0 N–H and O–H groups in total. The highest BCUT2D eigenvalue weighted by Gasteiger charge is 2.28. The van der Waals surface area contributed by atoms with Crippen LogP contribution >= 0.6 is 0 Å². The lowest BCUT2D eigenvalue weighted by Gasteiger charge is -2.08. The fraction of sp³-hybridized carbons (Fsp3) is 0.0800. The summed E-state index contributed by atoms with van der Waals surface area (Å²) in [5, 5.41) is 0. The SMILES string of the molecule is C=Cc1ccc(COc2ccc3c(c2)O/C(=C\c2ccccc2OC)C3=O)cc1. The molecule has 3 aromatic rings. The molecule has 4 rings (SSSR count). The number of carbonyl (C=O) groups excluding carboxylic acids is 1. The van der Waals surface area contributed by atoms with Crippen molar-refractivity contribution in [1.29, 1.82) is 0 Å². The van der Waals surface area contributed by atoms with E-state index >= 15 is 0 Å². The van der Waals surface area contributed by atoms with Gasteiger partial charge in [-0.1, -0.05) is 55.1 Å². The Labute approximate surface area is 169 Å². The van der Waals surface area contributed by atoms with Gasteiger partial charge in [-0.3, -0.25) is 4.79 Å². The van der Waals surface area contributed by atoms with Crippen molar-refractivity contribution in [3.8, 4) is 17.2 Å². The number of fused-ring (bicyclic) bond motifs is 1. The number of Topliss-reactive ketones (excluding diaryl/α,β-unsaturated/α-hetero) is 1. The molecule has 0 fully saturated rings. The van der Waals surface area contributed by atoms with Crippen LogP contribution in [0.3, 0.4) is 0 Å². The summed E-state index contributed by atoms with van der Waals surface area (Å²) in [4.78, 5) is 12.7. The lowest BCUT2D eigenvalue weighted by Crippen LogP contribution is -1.98. The molecule has 1 aliphatic rings. The van der Waals surface area contributed by atoms with E-state index in [0.29, 0.717) is 29.4 Å². The van der Waals surface area contributed by atoms with E-state index in [1.165, 1.54) is 0 Å². The number of carbonyl (C=O) groups is 1. The molecule has 0 bridgehead atoms. The van der Waals surface area contributed by atoms with Crippen molar-refractivity contribution in [2.45, 2.75) is 6.61 Å². The molecule has 4 heteroatoms. The van der Waals surface area contributed by atoms with E-state index in [-0.39, 0.29) is 11.5 Å². The van der Waals surface area contributed by atoms with Gasteiger partial charge in [-0.05, 0) is 35.4 Å². The monoisotopic (exact) mass is 384 g/mol. The standard InChI is InChI=1S/C25H20O4/c1-3-17-8-10-18(11-9-17)16-28-20-12-13-21-23(15-20)29-24(25(21)26)14-19-6-4-5-7-22(19)27-2/h3-15H,1,16H2,2H3/b24-14-. The minimum absolute atomic E-state index is 0.155. The number of benzene rings is 3. The molecule has 0 aromatic heterocycles. The molecule has 0 aliphatic carbocycles. The van der Waals surface area contributed by atoms with Crippen LogP contribution in [0.5, 0.6) is 17.2 Å². The van der Waals surface area contributed by atoms with Gasteiger partial charge in [0.2, 0.25) is 5.78 Å². The summed E-state index contributed by atoms with van der Waals surface area (Å²) in [5.41, 5.74) is 3.41. The first-order valence-corrected chi connectivity index (χ1v) is 9.23. The van der Waals surface area contributed by atoms with Gasteiger partial charge in [0.1, 0.15) is 23.9 Å². The first-order valence-electron chi connectivity index (χ1n) is 9.23. The molecule has 0 radical (unpaired) electrons. The Kier molecular flexibility index (Phi) is 5.16. The highest BCUT2D eigenvalue weighted by atomic mass is 16.5. The second-order valence-electron chi connectivity index (χ2n) is 6.57. The highest BCUT2D eigenvalue weighted by molar-refractivity contribution is 6.14. The van der Waals surface area contributed by atoms with Crippen molar-refractivity contribution in [1.82, 2.24) is 0 Å². The first kappa shape index (κ1) is 18.6. The van der Waals surface area contributed by atoms with Crippen LogP contribution in [0.15, 0.2) is 79.1 Å². The number of hydrogen-bond acceptors (Lipinski definition) is 4. The van der Waals surface area contributed by atoms with Crippen LogP contribution in [0, 0.1) is 0 Å². The number of ether oxygens (including phenoxy) is 3. The zero-order valence-electron chi connectivity index (χ0n) is 16.1. The average molecular weight is 384 g/mol. The van der Waals surface area contributed by atoms with Crippen molar-refractivity contribution in [3.05, 3.63) is 101 Å². The van der Waals surface area contributed by atoms with Gasteiger partial charge in [0.05, 0.1) is 12.7 Å². The predicted molar refractivity (Wildman–Crippen MR) is 113 cm³/mol. The van der Waals surface area contributed by atoms with E-state index in [9.17, 15) is 4.79 Å². The molecule has 1 heterocycles. The van der Waals surface area contributed by atoms with Gasteiger partial charge in [-0.2, -0.15) is 0 Å². The zero-order chi connectivity index (χ0) is 20.2. The summed E-state index contributed by atoms with van der Waals surface area (Å²) < 4.78 is 17.0. The molecule has 144 valence electrons. The molecule has 3 aromatic carbocycles. The fourth-order valence-corrected chi connectivity index (χ4v) is 3.10. The van der Waals surface area contributed by atoms with Crippen LogP contribution in [0.4, 0.5) is 0 Å². The zero-order valence-corrected chi connectivity index (χ0v) is 16.1. The third-order valence-electron chi connectivity index (χ3n) is 4.69. The number of methoxy groups -OCH3 is 1. The van der Waals surface area contributed by atoms with Gasteiger partial charge in [0.25, 0.3) is 0 Å². The lowest BCUT2D eigenvalue weighted by atomic mass is 10.1. The number of ketones is 1. The summed E-state index contributed by atoms with van der Waals surface area (Å²) in [6, 6.07) is 20.7. The minimum atomic E-state index is -0.155. The molecule has 29 heavy (non-hydrogen) atoms. The van der Waals surface area contributed by atoms with Crippen molar-refractivity contribution >= 4 is 17.9 Å². The molecule has 0 spiro atoms. The van der Waals surface area contributed by atoms with Gasteiger partial charge < -0.3 is 14.2 Å². The Morgan fingerprint density at radius 3 is 2.59 bits per heavy atom. The number of allylic oxidation sites excluding steroid dienone is 1. The summed E-state index contributed by atoms with van der Waals surface area (Å²) in [5.74, 6) is 1.93. The first-order chi connectivity index (χ1) is 14.2. The molecule has 0 amide bonds. The van der Waals surface area contributed by atoms with Crippen molar-refractivity contribution in [2.75, 3.05) is 7.11 Å². The van der Waals surface area contributed by atoms with E-state index < -0.39 is 0 Å². The third kappa shape index (κ3) is 3.92. The van der Waals surface area contributed by atoms with Crippen molar-refractivity contribution in [3.63, 3.8) is 0 Å². The maximum absolute atomic E-state index is 12.7. The summed E-state index contributed by atoms with van der Waals surface area (Å²) in [6.07, 6.45) is 3.50.